The molecule has 0 spiro atoms. The molecule has 3 aromatic heterocycles. The van der Waals surface area contributed by atoms with Crippen LogP contribution >= 0.6 is 0 Å². The summed E-state index contributed by atoms with van der Waals surface area (Å²) < 4.78 is 44.6. The monoisotopic (exact) mass is 428 g/mol. The Kier molecular flexibility index (Phi) is 5.24. The topological polar surface area (TPSA) is 98.7 Å². The lowest BCUT2D eigenvalue weighted by atomic mass is 10.1. The lowest BCUT2D eigenvalue weighted by Crippen LogP contribution is -2.23. The highest BCUT2D eigenvalue weighted by atomic mass is 19.4. The first-order valence-corrected chi connectivity index (χ1v) is 9.05. The molecule has 0 fully saturated rings. The Hall–Kier alpha value is -4.02. The van der Waals surface area contributed by atoms with Gasteiger partial charge in [0, 0.05) is 24.5 Å². The average molecular weight is 428 g/mol. The zero-order valence-corrected chi connectivity index (χ0v) is 16.1. The second kappa shape index (κ2) is 8.01. The van der Waals surface area contributed by atoms with Crippen LogP contribution in [0.15, 0.2) is 59.6 Å². The van der Waals surface area contributed by atoms with Gasteiger partial charge in [-0.2, -0.15) is 18.2 Å². The van der Waals surface area contributed by atoms with Crippen LogP contribution in [0.2, 0.25) is 0 Å². The van der Waals surface area contributed by atoms with Gasteiger partial charge in [-0.15, -0.1) is 0 Å². The van der Waals surface area contributed by atoms with Crippen LogP contribution in [0.25, 0.3) is 17.3 Å². The first-order valence-electron chi connectivity index (χ1n) is 9.05. The van der Waals surface area contributed by atoms with Crippen molar-refractivity contribution in [2.45, 2.75) is 19.6 Å². The first kappa shape index (κ1) is 20.3. The minimum Gasteiger partial charge on any atom is -0.347 e. The van der Waals surface area contributed by atoms with E-state index in [1.54, 1.807) is 29.8 Å². The average Bonchev–Trinajstić information content (AvgIpc) is 3.41. The molecular formula is C20H15F3N6O2. The zero-order valence-electron chi connectivity index (χ0n) is 16.1. The largest absolute Gasteiger partial charge is 0.416 e. The number of amides is 1. The van der Waals surface area contributed by atoms with Crippen LogP contribution in [-0.2, 0) is 12.7 Å². The fraction of sp³-hybridized carbons (Fsp3) is 0.150. The van der Waals surface area contributed by atoms with E-state index in [0.717, 1.165) is 12.1 Å². The Morgan fingerprint density at radius 2 is 1.94 bits per heavy atom. The summed E-state index contributed by atoms with van der Waals surface area (Å²) in [5, 5.41) is 6.38. The van der Waals surface area contributed by atoms with Gasteiger partial charge >= 0.3 is 6.18 Å². The van der Waals surface area contributed by atoms with E-state index in [-0.39, 0.29) is 12.2 Å². The van der Waals surface area contributed by atoms with E-state index in [1.807, 2.05) is 0 Å². The summed E-state index contributed by atoms with van der Waals surface area (Å²) in [7, 11) is 0. The second-order valence-corrected chi connectivity index (χ2v) is 6.59. The van der Waals surface area contributed by atoms with Gasteiger partial charge < -0.3 is 9.84 Å². The van der Waals surface area contributed by atoms with Crippen molar-refractivity contribution in [3.8, 4) is 17.3 Å². The molecule has 1 N–H and O–H groups in total. The van der Waals surface area contributed by atoms with E-state index in [9.17, 15) is 18.0 Å². The third kappa shape index (κ3) is 4.60. The quantitative estimate of drug-likeness (QED) is 0.522. The minimum atomic E-state index is -4.40. The highest BCUT2D eigenvalue weighted by Gasteiger charge is 2.29. The normalized spacial score (nSPS) is 11.5. The highest BCUT2D eigenvalue weighted by Crippen LogP contribution is 2.29. The summed E-state index contributed by atoms with van der Waals surface area (Å²) in [6.45, 7) is 1.77. The molecule has 0 aliphatic rings. The lowest BCUT2D eigenvalue weighted by Gasteiger charge is -2.08. The van der Waals surface area contributed by atoms with Crippen LogP contribution in [0.5, 0.6) is 0 Å². The van der Waals surface area contributed by atoms with E-state index in [0.29, 0.717) is 28.7 Å². The standard InChI is InChI=1S/C20H15F3N6O2/c1-12-27-19(31-28-12)14-6-7-24-17(8-14)29-10-16(26-11-29)18(30)25-9-13-2-4-15(5-3-13)20(21,22)23/h2-8,10-11H,9H2,1H3,(H,25,30). The summed E-state index contributed by atoms with van der Waals surface area (Å²) in [4.78, 5) is 24.8. The fourth-order valence-corrected chi connectivity index (χ4v) is 2.76. The SMILES string of the molecule is Cc1noc(-c2ccnc(-n3cnc(C(=O)NCc4ccc(C(F)(F)F)cc4)c3)c2)n1. The number of imidazole rings is 1. The Balaban J connectivity index is 1.43. The van der Waals surface area contributed by atoms with Crippen LogP contribution in [0, 0.1) is 6.92 Å². The Morgan fingerprint density at radius 3 is 2.61 bits per heavy atom. The van der Waals surface area contributed by atoms with Crippen molar-refractivity contribution in [3.05, 3.63) is 77.8 Å². The molecule has 0 radical (unpaired) electrons. The minimum absolute atomic E-state index is 0.0636. The number of nitrogens with one attached hydrogen (secondary N) is 1. The summed E-state index contributed by atoms with van der Waals surface area (Å²) in [6.07, 6.45) is 0.0856. The van der Waals surface area contributed by atoms with E-state index in [2.05, 4.69) is 25.4 Å². The molecule has 0 saturated carbocycles. The van der Waals surface area contributed by atoms with Crippen LogP contribution in [0.3, 0.4) is 0 Å². The van der Waals surface area contributed by atoms with Crippen molar-refractivity contribution in [1.82, 2.24) is 30.0 Å². The Morgan fingerprint density at radius 1 is 1.16 bits per heavy atom. The molecule has 0 aliphatic carbocycles. The van der Waals surface area contributed by atoms with Crippen molar-refractivity contribution in [2.75, 3.05) is 0 Å². The summed E-state index contributed by atoms with van der Waals surface area (Å²) >= 11 is 0. The van der Waals surface area contributed by atoms with E-state index >= 15 is 0 Å². The molecule has 1 amide bonds. The second-order valence-electron chi connectivity index (χ2n) is 6.59. The van der Waals surface area contributed by atoms with Gasteiger partial charge in [0.15, 0.2) is 5.82 Å². The molecule has 31 heavy (non-hydrogen) atoms. The lowest BCUT2D eigenvalue weighted by molar-refractivity contribution is -0.137. The molecule has 0 bridgehead atoms. The molecule has 3 heterocycles. The number of hydrogen-bond acceptors (Lipinski definition) is 6. The third-order valence-electron chi connectivity index (χ3n) is 4.33. The van der Waals surface area contributed by atoms with Crippen molar-refractivity contribution < 1.29 is 22.5 Å². The van der Waals surface area contributed by atoms with Gasteiger partial charge in [-0.05, 0) is 36.8 Å². The molecule has 0 unspecified atom stereocenters. The van der Waals surface area contributed by atoms with Crippen molar-refractivity contribution in [3.63, 3.8) is 0 Å². The maximum atomic E-state index is 12.6. The predicted octanol–water partition coefficient (Wildman–Crippen LogP) is 3.57. The van der Waals surface area contributed by atoms with Crippen molar-refractivity contribution in [2.24, 2.45) is 0 Å². The van der Waals surface area contributed by atoms with Gasteiger partial charge in [0.05, 0.1) is 5.56 Å². The first-order chi connectivity index (χ1) is 14.8. The van der Waals surface area contributed by atoms with Crippen LogP contribution in [0.4, 0.5) is 13.2 Å². The molecule has 0 saturated heterocycles. The molecule has 4 aromatic rings. The van der Waals surface area contributed by atoms with Crippen molar-refractivity contribution >= 4 is 5.91 Å². The van der Waals surface area contributed by atoms with Gasteiger partial charge in [0.2, 0.25) is 0 Å². The van der Waals surface area contributed by atoms with Crippen LogP contribution < -0.4 is 5.32 Å². The maximum absolute atomic E-state index is 12.6. The van der Waals surface area contributed by atoms with Gasteiger partial charge in [0.25, 0.3) is 11.8 Å². The number of carbonyl (C=O) groups is 1. The third-order valence-corrected chi connectivity index (χ3v) is 4.33. The molecular weight excluding hydrogens is 413 g/mol. The van der Waals surface area contributed by atoms with Gasteiger partial charge in [-0.3, -0.25) is 9.36 Å². The maximum Gasteiger partial charge on any atom is 0.416 e. The highest BCUT2D eigenvalue weighted by molar-refractivity contribution is 5.92. The zero-order chi connectivity index (χ0) is 22.0. The predicted molar refractivity (Wildman–Crippen MR) is 102 cm³/mol. The number of pyridine rings is 1. The summed E-state index contributed by atoms with van der Waals surface area (Å²) in [5.74, 6) is 0.865. The van der Waals surface area contributed by atoms with Crippen LogP contribution in [-0.4, -0.2) is 30.6 Å². The van der Waals surface area contributed by atoms with E-state index in [4.69, 9.17) is 4.52 Å². The molecule has 11 heteroatoms. The number of aromatic nitrogens is 5. The van der Waals surface area contributed by atoms with Crippen LogP contribution in [0.1, 0.15) is 27.4 Å². The van der Waals surface area contributed by atoms with E-state index < -0.39 is 17.6 Å². The summed E-state index contributed by atoms with van der Waals surface area (Å²) in [6, 6.07) is 8.00. The number of carbonyl (C=O) groups excluding carboxylic acids is 1. The number of aryl methyl sites for hydroxylation is 1. The Bertz CT molecular complexity index is 1210. The van der Waals surface area contributed by atoms with Crippen molar-refractivity contribution in [1.29, 1.82) is 0 Å². The number of alkyl halides is 3. The molecule has 8 nitrogen and oxygen atoms in total. The fourth-order valence-electron chi connectivity index (χ4n) is 2.76. The summed E-state index contributed by atoms with van der Waals surface area (Å²) in [5.41, 5.74) is 0.581. The smallest absolute Gasteiger partial charge is 0.347 e. The Labute approximate surface area is 173 Å². The van der Waals surface area contributed by atoms with E-state index in [1.165, 1.54) is 24.7 Å². The molecule has 158 valence electrons. The van der Waals surface area contributed by atoms with Gasteiger partial charge in [0.1, 0.15) is 17.8 Å². The molecule has 4 rings (SSSR count). The number of benzene rings is 1. The molecule has 1 aromatic carbocycles. The van der Waals surface area contributed by atoms with Gasteiger partial charge in [-0.25, -0.2) is 9.97 Å². The number of hydrogen-bond donors (Lipinski definition) is 1. The molecule has 0 atom stereocenters. The molecule has 0 aliphatic heterocycles. The van der Waals surface area contributed by atoms with Gasteiger partial charge in [-0.1, -0.05) is 17.3 Å². The number of halogens is 3. The number of nitrogens with zero attached hydrogens (tertiary/aromatic N) is 5. The number of rotatable bonds is 5.